The van der Waals surface area contributed by atoms with Crippen LogP contribution in [0.4, 0.5) is 0 Å². The molecule has 0 saturated carbocycles. The van der Waals surface area contributed by atoms with Crippen LogP contribution in [0.15, 0.2) is 164 Å². The Kier molecular flexibility index (Phi) is 8.17. The van der Waals surface area contributed by atoms with Gasteiger partial charge in [-0.05, 0) is 53.2 Å². The van der Waals surface area contributed by atoms with E-state index in [0.717, 1.165) is 21.9 Å². The van der Waals surface area contributed by atoms with Gasteiger partial charge >= 0.3 is 0 Å². The number of Topliss-reactive ketones (excluding diaryl/α,β-unsaturated/α-hetero) is 1. The van der Waals surface area contributed by atoms with Gasteiger partial charge in [0.1, 0.15) is 23.2 Å². The highest BCUT2D eigenvalue weighted by molar-refractivity contribution is 7.96. The van der Waals surface area contributed by atoms with Crippen LogP contribution in [0.25, 0.3) is 10.8 Å². The van der Waals surface area contributed by atoms with Gasteiger partial charge in [-0.15, -0.1) is 0 Å². The molecule has 0 aromatic heterocycles. The van der Waals surface area contributed by atoms with Gasteiger partial charge in [-0.3, -0.25) is 4.79 Å². The maximum atomic E-state index is 15.0. The van der Waals surface area contributed by atoms with Crippen molar-refractivity contribution in [2.45, 2.75) is 5.66 Å². The minimum atomic E-state index is -2.52. The van der Waals surface area contributed by atoms with E-state index in [4.69, 9.17) is 0 Å². The Morgan fingerprint density at radius 3 is 1.36 bits per heavy atom. The van der Waals surface area contributed by atoms with Crippen LogP contribution in [0.5, 0.6) is 0 Å². The van der Waals surface area contributed by atoms with Crippen LogP contribution >= 0.6 is 7.26 Å². The Hall–Kier alpha value is -3.84. The molecule has 0 fully saturated rings. The Labute approximate surface area is 241 Å². The zero-order valence-electron chi connectivity index (χ0n) is 21.4. The molecular formula is C36H28BrOP. The molecule has 0 spiro atoms. The summed E-state index contributed by atoms with van der Waals surface area (Å²) in [7, 11) is -2.52. The minimum absolute atomic E-state index is 0. The van der Waals surface area contributed by atoms with Crippen molar-refractivity contribution in [2.24, 2.45) is 0 Å². The van der Waals surface area contributed by atoms with E-state index in [0.29, 0.717) is 0 Å². The Bertz CT molecular complexity index is 1570. The summed E-state index contributed by atoms with van der Waals surface area (Å²) in [5, 5.41) is 5.80. The first kappa shape index (κ1) is 26.8. The second kappa shape index (κ2) is 11.9. The molecule has 6 rings (SSSR count). The summed E-state index contributed by atoms with van der Waals surface area (Å²) in [5.41, 5.74) is 1.39. The predicted molar refractivity (Wildman–Crippen MR) is 163 cm³/mol. The molecule has 1 nitrogen and oxygen atoms in total. The lowest BCUT2D eigenvalue weighted by Gasteiger charge is -2.34. The van der Waals surface area contributed by atoms with Crippen molar-refractivity contribution in [3.05, 3.63) is 175 Å². The first-order chi connectivity index (χ1) is 18.8. The van der Waals surface area contributed by atoms with E-state index in [1.807, 2.05) is 36.4 Å². The fourth-order valence-corrected chi connectivity index (χ4v) is 10.4. The van der Waals surface area contributed by atoms with Gasteiger partial charge in [0.05, 0.1) is 0 Å². The number of hydrogen-bond donors (Lipinski definition) is 0. The molecule has 0 aliphatic heterocycles. The SMILES string of the molecule is O=C(c1ccc2ccccc2c1)C(c1ccccc1)[P+](c1ccccc1)(c1ccccc1)c1ccccc1.[Br-]. The van der Waals surface area contributed by atoms with E-state index in [9.17, 15) is 4.79 Å². The number of ketones is 1. The summed E-state index contributed by atoms with van der Waals surface area (Å²) in [5.74, 6) is 0.145. The molecule has 190 valence electrons. The molecule has 1 unspecified atom stereocenters. The first-order valence-electron chi connectivity index (χ1n) is 12.9. The fourth-order valence-electron chi connectivity index (χ4n) is 5.57. The van der Waals surface area contributed by atoms with Gasteiger partial charge in [0, 0.05) is 11.1 Å². The van der Waals surface area contributed by atoms with Gasteiger partial charge in [-0.2, -0.15) is 0 Å². The summed E-state index contributed by atoms with van der Waals surface area (Å²) in [6.45, 7) is 0. The molecule has 0 bridgehead atoms. The third kappa shape index (κ3) is 4.99. The third-order valence-electron chi connectivity index (χ3n) is 7.28. The first-order valence-corrected chi connectivity index (χ1v) is 14.8. The molecule has 6 aromatic rings. The second-order valence-electron chi connectivity index (χ2n) is 9.47. The molecule has 3 heteroatoms. The van der Waals surface area contributed by atoms with Crippen molar-refractivity contribution in [1.82, 2.24) is 0 Å². The number of rotatable bonds is 7. The van der Waals surface area contributed by atoms with Crippen molar-refractivity contribution < 1.29 is 21.8 Å². The number of fused-ring (bicyclic) bond motifs is 1. The lowest BCUT2D eigenvalue weighted by molar-refractivity contribution is -0.0000151. The summed E-state index contributed by atoms with van der Waals surface area (Å²) < 4.78 is 0. The van der Waals surface area contributed by atoms with E-state index in [-0.39, 0.29) is 22.8 Å². The predicted octanol–water partition coefficient (Wildman–Crippen LogP) is 4.76. The zero-order chi connectivity index (χ0) is 25.8. The second-order valence-corrected chi connectivity index (χ2v) is 13.0. The van der Waals surface area contributed by atoms with Gasteiger partial charge in [0.25, 0.3) is 0 Å². The minimum Gasteiger partial charge on any atom is -1.00 e. The summed E-state index contributed by atoms with van der Waals surface area (Å²) in [4.78, 5) is 15.0. The highest BCUT2D eigenvalue weighted by atomic mass is 79.9. The normalized spacial score (nSPS) is 11.9. The van der Waals surface area contributed by atoms with Crippen LogP contribution < -0.4 is 32.9 Å². The highest BCUT2D eigenvalue weighted by Crippen LogP contribution is 2.67. The standard InChI is InChI=1S/C36H28OP.BrH/c37-35(31-26-25-28-15-13-14-18-30(28)27-31)36(29-16-5-1-6-17-29)38(32-19-7-2-8-20-32,33-21-9-3-10-22-33)34-23-11-4-12-24-34;/h1-27,36H;1H/q+1;/p-1. The quantitative estimate of drug-likeness (QED) is 0.195. The third-order valence-corrected chi connectivity index (χ3v) is 11.9. The number of carbonyl (C=O) groups excluding carboxylic acids is 1. The summed E-state index contributed by atoms with van der Waals surface area (Å²) in [6, 6.07) is 56.7. The van der Waals surface area contributed by atoms with Crippen LogP contribution in [-0.4, -0.2) is 5.78 Å². The average molecular weight is 587 g/mol. The van der Waals surface area contributed by atoms with Gasteiger partial charge < -0.3 is 17.0 Å². The van der Waals surface area contributed by atoms with Crippen molar-refractivity contribution in [3.8, 4) is 0 Å². The van der Waals surface area contributed by atoms with E-state index in [2.05, 4.69) is 127 Å². The van der Waals surface area contributed by atoms with Crippen LogP contribution in [0.3, 0.4) is 0 Å². The van der Waals surface area contributed by atoms with Gasteiger partial charge in [0.2, 0.25) is 5.78 Å². The molecule has 1 atom stereocenters. The highest BCUT2D eigenvalue weighted by Gasteiger charge is 2.56. The molecule has 0 radical (unpaired) electrons. The van der Waals surface area contributed by atoms with E-state index in [1.54, 1.807) is 0 Å². The summed E-state index contributed by atoms with van der Waals surface area (Å²) >= 11 is 0. The van der Waals surface area contributed by atoms with E-state index >= 15 is 0 Å². The molecule has 0 aliphatic carbocycles. The maximum Gasteiger partial charge on any atom is 0.208 e. The molecule has 0 amide bonds. The molecule has 6 aromatic carbocycles. The molecule has 0 saturated heterocycles. The number of halogens is 1. The lowest BCUT2D eigenvalue weighted by Crippen LogP contribution is -3.00. The largest absolute Gasteiger partial charge is 1.00 e. The Balaban J connectivity index is 0.00000308. The van der Waals surface area contributed by atoms with Gasteiger partial charge in [0.15, 0.2) is 5.66 Å². The van der Waals surface area contributed by atoms with E-state index < -0.39 is 12.9 Å². The van der Waals surface area contributed by atoms with Crippen molar-refractivity contribution >= 4 is 39.7 Å². The smallest absolute Gasteiger partial charge is 0.208 e. The maximum absolute atomic E-state index is 15.0. The molecular weight excluding hydrogens is 559 g/mol. The van der Waals surface area contributed by atoms with Crippen molar-refractivity contribution in [3.63, 3.8) is 0 Å². The van der Waals surface area contributed by atoms with Crippen molar-refractivity contribution in [2.75, 3.05) is 0 Å². The molecule has 0 heterocycles. The van der Waals surface area contributed by atoms with Crippen LogP contribution in [0, 0.1) is 0 Å². The van der Waals surface area contributed by atoms with E-state index in [1.165, 1.54) is 15.9 Å². The Morgan fingerprint density at radius 2 is 0.872 bits per heavy atom. The molecule has 39 heavy (non-hydrogen) atoms. The van der Waals surface area contributed by atoms with Crippen molar-refractivity contribution in [1.29, 1.82) is 0 Å². The monoisotopic (exact) mass is 586 g/mol. The van der Waals surface area contributed by atoms with Crippen LogP contribution in [0.1, 0.15) is 21.6 Å². The molecule has 0 N–H and O–H groups in total. The topological polar surface area (TPSA) is 17.1 Å². The zero-order valence-corrected chi connectivity index (χ0v) is 23.9. The number of carbonyl (C=O) groups is 1. The lowest BCUT2D eigenvalue weighted by atomic mass is 9.99. The Morgan fingerprint density at radius 1 is 0.462 bits per heavy atom. The van der Waals surface area contributed by atoms with Gasteiger partial charge in [-0.25, -0.2) is 0 Å². The number of benzene rings is 6. The van der Waals surface area contributed by atoms with Gasteiger partial charge in [-0.1, -0.05) is 121 Å². The number of hydrogen-bond acceptors (Lipinski definition) is 1. The summed E-state index contributed by atoms with van der Waals surface area (Å²) in [6.07, 6.45) is 0. The van der Waals surface area contributed by atoms with Crippen LogP contribution in [-0.2, 0) is 0 Å². The average Bonchev–Trinajstić information content (AvgIpc) is 3.01. The van der Waals surface area contributed by atoms with Crippen LogP contribution in [0.2, 0.25) is 0 Å². The fraction of sp³-hybridized carbons (Fsp3) is 0.0278. The molecule has 0 aliphatic rings.